The maximum absolute atomic E-state index is 15.7. The fourth-order valence-electron chi connectivity index (χ4n) is 13.3. The smallest absolute Gasteiger partial charge is 0.407 e. The Labute approximate surface area is 663 Å². The maximum atomic E-state index is 15.7. The number of carbonyl (C=O) groups is 10. The predicted octanol–water partition coefficient (Wildman–Crippen LogP) is 9.23. The van der Waals surface area contributed by atoms with Gasteiger partial charge in [-0.3, -0.25) is 43.2 Å². The zero-order valence-corrected chi connectivity index (χ0v) is 66.5. The van der Waals surface area contributed by atoms with Crippen molar-refractivity contribution in [2.45, 2.75) is 196 Å². The second kappa shape index (κ2) is 43.9. The Balaban J connectivity index is 1.15. The van der Waals surface area contributed by atoms with Crippen LogP contribution in [0.2, 0.25) is 0 Å². The number of fused-ring (bicyclic) bond motifs is 1. The molecular weight excluding hydrogens is 1470 g/mol. The second-order valence-corrected chi connectivity index (χ2v) is 33.0. The molecular formula is C85H107N9O14S3. The summed E-state index contributed by atoms with van der Waals surface area (Å²) < 4.78 is 4.65. The summed E-state index contributed by atoms with van der Waals surface area (Å²) in [5.74, 6) is -7.70. The molecule has 10 atom stereocenters. The molecule has 0 bridgehead atoms. The SMILES string of the molecule is CCCC(=O)NCCCC[C@@H](NC(=O)[C@@H]1CSSC[C@H](NC(=O)[C@@H](Cc2ccccc2)NC(=O)CCSC(c2ccccc2)(c2ccccc2)c2ccccc2)C(=O)C[C@@H](Cc2ccc(O)cc2)C(=O)N[C@H](CC2=CCc3ccccc32)C(=O)N[C@@H](CCCCNC(=O)OC(C)(C)C)C(=O)N[C@@H]([C@@H](C)O)C(=O)N1)[C@@H](C)O. The van der Waals surface area contributed by atoms with Gasteiger partial charge in [0, 0.05) is 68.4 Å². The van der Waals surface area contributed by atoms with Crippen LogP contribution in [0.3, 0.4) is 0 Å². The van der Waals surface area contributed by atoms with Crippen LogP contribution in [0.4, 0.5) is 4.79 Å². The predicted molar refractivity (Wildman–Crippen MR) is 436 cm³/mol. The minimum atomic E-state index is -1.76. The van der Waals surface area contributed by atoms with Gasteiger partial charge in [-0.05, 0) is 149 Å². The molecule has 6 aromatic carbocycles. The molecule has 23 nitrogen and oxygen atoms in total. The average Bonchev–Trinajstić information content (AvgIpc) is 1.32. The van der Waals surface area contributed by atoms with Crippen molar-refractivity contribution in [1.82, 2.24) is 47.9 Å². The number of aliphatic hydroxyl groups excluding tert-OH is 2. The molecule has 0 radical (unpaired) electrons. The van der Waals surface area contributed by atoms with Crippen molar-refractivity contribution in [3.05, 3.63) is 215 Å². The minimum Gasteiger partial charge on any atom is -0.508 e. The van der Waals surface area contributed by atoms with Gasteiger partial charge in [-0.2, -0.15) is 0 Å². The van der Waals surface area contributed by atoms with Crippen molar-refractivity contribution < 1.29 is 68.0 Å². The zero-order valence-electron chi connectivity index (χ0n) is 64.0. The number of phenols is 1. The van der Waals surface area contributed by atoms with Crippen LogP contribution in [0, 0.1) is 5.92 Å². The molecule has 12 N–H and O–H groups in total. The first-order chi connectivity index (χ1) is 53.3. The van der Waals surface area contributed by atoms with E-state index in [0.717, 1.165) is 49.4 Å². The van der Waals surface area contributed by atoms with E-state index < -0.39 is 130 Å². The van der Waals surface area contributed by atoms with Crippen LogP contribution in [0.5, 0.6) is 5.75 Å². The number of alkyl carbamates (subject to hydrolysis) is 1. The highest BCUT2D eigenvalue weighted by atomic mass is 33.1. The molecule has 594 valence electrons. The Morgan fingerprint density at radius 1 is 0.613 bits per heavy atom. The van der Waals surface area contributed by atoms with Crippen LogP contribution in [0.15, 0.2) is 176 Å². The molecule has 2 aliphatic rings. The molecule has 0 spiro atoms. The van der Waals surface area contributed by atoms with E-state index in [1.165, 1.54) is 26.0 Å². The van der Waals surface area contributed by atoms with Gasteiger partial charge >= 0.3 is 6.09 Å². The summed E-state index contributed by atoms with van der Waals surface area (Å²) in [6.07, 6.45) is 0.893. The molecule has 0 unspecified atom stereocenters. The lowest BCUT2D eigenvalue weighted by atomic mass is 9.84. The van der Waals surface area contributed by atoms with Crippen LogP contribution >= 0.6 is 33.3 Å². The van der Waals surface area contributed by atoms with Gasteiger partial charge in [0.25, 0.3) is 0 Å². The van der Waals surface area contributed by atoms with E-state index in [2.05, 4.69) is 84.2 Å². The van der Waals surface area contributed by atoms with Gasteiger partial charge in [0.05, 0.1) is 29.0 Å². The highest BCUT2D eigenvalue weighted by Crippen LogP contribution is 2.49. The standard InChI is InChI=1S/C85H107N9O14S3/c1-7-26-74(99)86-46-24-22-37-67(55(2)95)89-81(105)72-54-111-110-53-71(92-79(103)69(50-57-27-12-8-13-28-57)88-75(100)45-48-109-85(62-30-14-9-15-31-62,63-32-16-10-17-33-63)64-34-18-11-19-35-64)73(98)52-61(49-58-39-43-65(97)44-40-58)77(101)91-70(51-60-42-41-59-29-20-21-36-66(59)60)80(104)90-68(78(102)94-76(56(3)96)82(106)93-72)38-23-25-47-87-83(107)108-84(4,5)6/h8-21,27-36,39-40,42-44,55-56,61,67-72,76,95-97H,7,22-26,37-38,41,45-54H2,1-6H3,(H,86,99)(H,87,107)(H,88,100)(H,89,105)(H,90,104)(H,91,101)(H,92,103)(H,93,106)(H,94,102)/t55-,56-,61-,67-,68+,69-,70-,71+,72+,76+/m1/s1. The first-order valence-corrected chi connectivity index (χ1v) is 41.7. The third-order valence-electron chi connectivity index (χ3n) is 19.2. The summed E-state index contributed by atoms with van der Waals surface area (Å²) in [6, 6.07) is 43.1. The van der Waals surface area contributed by atoms with Crippen molar-refractivity contribution in [2.24, 2.45) is 5.92 Å². The third-order valence-corrected chi connectivity index (χ3v) is 23.1. The lowest BCUT2D eigenvalue weighted by Crippen LogP contribution is -2.61. The number of aliphatic hydroxyl groups is 2. The van der Waals surface area contributed by atoms with Crippen molar-refractivity contribution >= 4 is 98.1 Å². The van der Waals surface area contributed by atoms with Crippen LogP contribution in [-0.4, -0.2) is 165 Å². The summed E-state index contributed by atoms with van der Waals surface area (Å²) in [4.78, 5) is 146. The number of Topliss-reactive ketones (excluding diaryl/α,β-unsaturated/α-hetero) is 1. The van der Waals surface area contributed by atoms with Crippen molar-refractivity contribution in [3.8, 4) is 5.75 Å². The van der Waals surface area contributed by atoms with Gasteiger partial charge in [-0.1, -0.05) is 192 Å². The number of hydrogen-bond donors (Lipinski definition) is 12. The van der Waals surface area contributed by atoms with Gasteiger partial charge < -0.3 is 67.9 Å². The molecule has 0 aromatic heterocycles. The number of phenolic OH excluding ortho intramolecular Hbond substituents is 1. The van der Waals surface area contributed by atoms with Crippen molar-refractivity contribution in [3.63, 3.8) is 0 Å². The van der Waals surface area contributed by atoms with E-state index in [-0.39, 0.29) is 81.1 Å². The van der Waals surface area contributed by atoms with Crippen molar-refractivity contribution in [1.29, 1.82) is 0 Å². The zero-order chi connectivity index (χ0) is 79.9. The Bertz CT molecular complexity index is 3980. The lowest BCUT2D eigenvalue weighted by Gasteiger charge is -2.35. The first kappa shape index (κ1) is 87.1. The highest BCUT2D eigenvalue weighted by Gasteiger charge is 2.40. The van der Waals surface area contributed by atoms with Gasteiger partial charge in [-0.25, -0.2) is 4.79 Å². The molecule has 1 aliphatic heterocycles. The summed E-state index contributed by atoms with van der Waals surface area (Å²) in [6.45, 7) is 10.3. The molecule has 6 aromatic rings. The molecule has 1 heterocycles. The van der Waals surface area contributed by atoms with E-state index in [0.29, 0.717) is 61.1 Å². The Kier molecular flexibility index (Phi) is 34.5. The number of benzene rings is 6. The number of ether oxygens (including phenoxy) is 1. The summed E-state index contributed by atoms with van der Waals surface area (Å²) in [5, 5.41) is 58.5. The summed E-state index contributed by atoms with van der Waals surface area (Å²) in [5.41, 5.74) is 5.89. The number of amides is 9. The number of rotatable bonds is 32. The van der Waals surface area contributed by atoms with Gasteiger partial charge in [0.1, 0.15) is 41.6 Å². The molecule has 8 rings (SSSR count). The van der Waals surface area contributed by atoms with E-state index in [4.69, 9.17) is 4.74 Å². The molecule has 1 saturated heterocycles. The average molecular weight is 1580 g/mol. The quantitative estimate of drug-likeness (QED) is 0.0106. The Morgan fingerprint density at radius 2 is 1.20 bits per heavy atom. The fourth-order valence-corrected chi connectivity index (χ4v) is 17.2. The molecule has 1 aliphatic carbocycles. The van der Waals surface area contributed by atoms with Crippen LogP contribution < -0.4 is 47.9 Å². The highest BCUT2D eigenvalue weighted by molar-refractivity contribution is 8.76. The first-order valence-electron chi connectivity index (χ1n) is 38.2. The number of unbranched alkanes of at least 4 members (excludes halogenated alkanes) is 2. The molecule has 111 heavy (non-hydrogen) atoms. The maximum Gasteiger partial charge on any atom is 0.407 e. The summed E-state index contributed by atoms with van der Waals surface area (Å²) in [7, 11) is 2.08. The largest absolute Gasteiger partial charge is 0.508 e. The molecule has 26 heteroatoms. The van der Waals surface area contributed by atoms with Gasteiger partial charge in [0.2, 0.25) is 47.3 Å². The number of nitrogens with one attached hydrogen (secondary N) is 9. The van der Waals surface area contributed by atoms with Crippen LogP contribution in [0.25, 0.3) is 5.57 Å². The van der Waals surface area contributed by atoms with E-state index in [9.17, 15) is 44.1 Å². The molecule has 1 fully saturated rings. The molecule has 0 saturated carbocycles. The number of aromatic hydroxyl groups is 1. The van der Waals surface area contributed by atoms with Crippen LogP contribution in [0.1, 0.15) is 151 Å². The van der Waals surface area contributed by atoms with E-state index >= 15 is 19.2 Å². The number of ketones is 1. The van der Waals surface area contributed by atoms with Gasteiger partial charge in [-0.15, -0.1) is 11.8 Å². The number of thioether (sulfide) groups is 1. The molecule has 9 amide bonds. The minimum absolute atomic E-state index is 0.00782. The van der Waals surface area contributed by atoms with Crippen LogP contribution in [-0.2, 0) is 71.9 Å². The fraction of sp³-hybridized carbons (Fsp3) is 0.435. The second-order valence-electron chi connectivity index (χ2n) is 29.1. The van der Waals surface area contributed by atoms with Crippen molar-refractivity contribution in [2.75, 3.05) is 30.3 Å². The Hall–Kier alpha value is -9.47. The Morgan fingerprint density at radius 3 is 1.82 bits per heavy atom. The number of hydrogen-bond acceptors (Lipinski definition) is 17. The third kappa shape index (κ3) is 27.5. The lowest BCUT2D eigenvalue weighted by molar-refractivity contribution is -0.136. The number of allylic oxidation sites excluding steroid dienone is 1. The monoisotopic (exact) mass is 1570 g/mol. The van der Waals surface area contributed by atoms with E-state index in [1.807, 2.05) is 110 Å². The summed E-state index contributed by atoms with van der Waals surface area (Å²) >= 11 is 1.58. The topological polar surface area (TPSA) is 349 Å². The van der Waals surface area contributed by atoms with E-state index in [1.54, 1.807) is 56.8 Å². The number of carbonyl (C=O) groups excluding carboxylic acids is 10. The normalized spacial score (nSPS) is 19.3. The van der Waals surface area contributed by atoms with Gasteiger partial charge in [0.15, 0.2) is 5.78 Å².